The van der Waals surface area contributed by atoms with Gasteiger partial charge in [0.1, 0.15) is 0 Å². The number of hydrazine groups is 1. The Labute approximate surface area is 179 Å². The van der Waals surface area contributed by atoms with Gasteiger partial charge in [0.2, 0.25) is 11.8 Å². The van der Waals surface area contributed by atoms with E-state index in [1.807, 2.05) is 26.0 Å². The minimum Gasteiger partial charge on any atom is -0.348 e. The van der Waals surface area contributed by atoms with E-state index in [1.54, 1.807) is 36.4 Å². The van der Waals surface area contributed by atoms with E-state index in [2.05, 4.69) is 16.2 Å². The first-order valence-corrected chi connectivity index (χ1v) is 10.2. The molecule has 2 rings (SSSR count). The minimum atomic E-state index is -0.421. The van der Waals surface area contributed by atoms with Crippen LogP contribution in [0.25, 0.3) is 0 Å². The van der Waals surface area contributed by atoms with Crippen LogP contribution >= 0.6 is 23.4 Å². The van der Waals surface area contributed by atoms with E-state index in [1.165, 1.54) is 17.8 Å². The maximum absolute atomic E-state index is 12.1. The van der Waals surface area contributed by atoms with Gasteiger partial charge in [0.25, 0.3) is 5.91 Å². The summed E-state index contributed by atoms with van der Waals surface area (Å²) in [6, 6.07) is 13.9. The van der Waals surface area contributed by atoms with Crippen molar-refractivity contribution in [1.29, 1.82) is 0 Å². The summed E-state index contributed by atoms with van der Waals surface area (Å²) < 4.78 is 0. The fraction of sp³-hybridized carbons (Fsp3) is 0.190. The molecule has 0 saturated carbocycles. The quantitative estimate of drug-likeness (QED) is 0.356. The summed E-state index contributed by atoms with van der Waals surface area (Å²) in [6.45, 7) is 4.06. The fourth-order valence-electron chi connectivity index (χ4n) is 2.19. The van der Waals surface area contributed by atoms with Gasteiger partial charge in [0.05, 0.1) is 5.75 Å². The van der Waals surface area contributed by atoms with Gasteiger partial charge >= 0.3 is 0 Å². The van der Waals surface area contributed by atoms with Crippen LogP contribution in [0.5, 0.6) is 0 Å². The monoisotopic (exact) mass is 431 g/mol. The molecule has 0 spiro atoms. The number of nitrogens with one attached hydrogen (secondary N) is 3. The number of halogens is 1. The molecule has 0 aliphatic heterocycles. The van der Waals surface area contributed by atoms with Gasteiger partial charge in [-0.3, -0.25) is 25.2 Å². The van der Waals surface area contributed by atoms with E-state index in [9.17, 15) is 14.4 Å². The lowest BCUT2D eigenvalue weighted by molar-refractivity contribution is -0.119. The van der Waals surface area contributed by atoms with Crippen molar-refractivity contribution in [3.05, 3.63) is 76.3 Å². The van der Waals surface area contributed by atoms with Gasteiger partial charge in [0.15, 0.2) is 0 Å². The molecule has 2 aromatic carbocycles. The molecule has 0 atom stereocenters. The van der Waals surface area contributed by atoms with Crippen LogP contribution in [0.3, 0.4) is 0 Å². The van der Waals surface area contributed by atoms with E-state index in [-0.39, 0.29) is 17.6 Å². The highest BCUT2D eigenvalue weighted by Crippen LogP contribution is 2.19. The number of carbonyl (C=O) groups excluding carboxylic acids is 3. The van der Waals surface area contributed by atoms with Gasteiger partial charge in [-0.2, -0.15) is 0 Å². The second-order valence-electron chi connectivity index (χ2n) is 6.38. The minimum absolute atomic E-state index is 0.159. The molecule has 0 heterocycles. The van der Waals surface area contributed by atoms with Gasteiger partial charge in [-0.05, 0) is 55.8 Å². The van der Waals surface area contributed by atoms with Crippen molar-refractivity contribution in [3.63, 3.8) is 0 Å². The SMILES string of the molecule is CC(C)=CC(=O)NCc1ccc(C(=O)NNC(=O)CSc2ccc(Cl)cc2)cc1. The van der Waals surface area contributed by atoms with E-state index in [0.29, 0.717) is 17.1 Å². The van der Waals surface area contributed by atoms with Gasteiger partial charge in [-0.1, -0.05) is 29.3 Å². The van der Waals surface area contributed by atoms with Crippen LogP contribution in [0.15, 0.2) is 65.1 Å². The molecule has 29 heavy (non-hydrogen) atoms. The number of hydrogen-bond donors (Lipinski definition) is 3. The highest BCUT2D eigenvalue weighted by atomic mass is 35.5. The van der Waals surface area contributed by atoms with Crippen molar-refractivity contribution >= 4 is 41.1 Å². The third-order valence-corrected chi connectivity index (χ3v) is 4.87. The lowest BCUT2D eigenvalue weighted by atomic mass is 10.1. The molecule has 2 aromatic rings. The number of carbonyl (C=O) groups is 3. The Hall–Kier alpha value is -2.77. The third kappa shape index (κ3) is 8.41. The second kappa shape index (κ2) is 11.3. The number of hydrogen-bond acceptors (Lipinski definition) is 4. The predicted molar refractivity (Wildman–Crippen MR) is 116 cm³/mol. The average Bonchev–Trinajstić information content (AvgIpc) is 2.70. The zero-order valence-electron chi connectivity index (χ0n) is 16.1. The Morgan fingerprint density at radius 2 is 1.62 bits per heavy atom. The molecule has 0 aliphatic carbocycles. The molecule has 3 amide bonds. The number of allylic oxidation sites excluding steroid dienone is 1. The molecule has 0 radical (unpaired) electrons. The van der Waals surface area contributed by atoms with Gasteiger partial charge in [0, 0.05) is 28.1 Å². The number of rotatable bonds is 7. The lowest BCUT2D eigenvalue weighted by Crippen LogP contribution is -2.42. The Morgan fingerprint density at radius 1 is 0.966 bits per heavy atom. The molecule has 3 N–H and O–H groups in total. The van der Waals surface area contributed by atoms with Gasteiger partial charge in [-0.25, -0.2) is 0 Å². The highest BCUT2D eigenvalue weighted by molar-refractivity contribution is 8.00. The zero-order valence-corrected chi connectivity index (χ0v) is 17.7. The smallest absolute Gasteiger partial charge is 0.269 e. The van der Waals surface area contributed by atoms with Gasteiger partial charge in [-0.15, -0.1) is 11.8 Å². The topological polar surface area (TPSA) is 87.3 Å². The normalized spacial score (nSPS) is 10.0. The third-order valence-electron chi connectivity index (χ3n) is 3.60. The van der Waals surface area contributed by atoms with Crippen LogP contribution in [0.1, 0.15) is 29.8 Å². The van der Waals surface area contributed by atoms with Crippen LogP contribution < -0.4 is 16.2 Å². The summed E-state index contributed by atoms with van der Waals surface area (Å²) in [6.07, 6.45) is 1.52. The first-order valence-electron chi connectivity index (χ1n) is 8.82. The van der Waals surface area contributed by atoms with Crippen molar-refractivity contribution in [2.45, 2.75) is 25.3 Å². The summed E-state index contributed by atoms with van der Waals surface area (Å²) in [5, 5.41) is 3.40. The molecule has 8 heteroatoms. The molecular weight excluding hydrogens is 410 g/mol. The van der Waals surface area contributed by atoms with Gasteiger partial charge < -0.3 is 5.32 Å². The lowest BCUT2D eigenvalue weighted by Gasteiger charge is -2.08. The van der Waals surface area contributed by atoms with Crippen LogP contribution in [-0.4, -0.2) is 23.5 Å². The molecule has 0 fully saturated rings. The van der Waals surface area contributed by atoms with Crippen molar-refractivity contribution in [1.82, 2.24) is 16.2 Å². The van der Waals surface area contributed by atoms with E-state index >= 15 is 0 Å². The van der Waals surface area contributed by atoms with Crippen molar-refractivity contribution in [2.24, 2.45) is 0 Å². The maximum atomic E-state index is 12.1. The summed E-state index contributed by atoms with van der Waals surface area (Å²) in [5.41, 5.74) is 6.95. The molecule has 6 nitrogen and oxygen atoms in total. The van der Waals surface area contributed by atoms with Crippen LogP contribution in [-0.2, 0) is 16.1 Å². The van der Waals surface area contributed by atoms with Crippen LogP contribution in [0, 0.1) is 0 Å². The van der Waals surface area contributed by atoms with E-state index in [0.717, 1.165) is 16.0 Å². The van der Waals surface area contributed by atoms with Crippen molar-refractivity contribution in [3.8, 4) is 0 Å². The molecule has 0 unspecified atom stereocenters. The molecular formula is C21H22ClN3O3S. The maximum Gasteiger partial charge on any atom is 0.269 e. The summed E-state index contributed by atoms with van der Waals surface area (Å²) in [7, 11) is 0. The van der Waals surface area contributed by atoms with Crippen molar-refractivity contribution < 1.29 is 14.4 Å². The predicted octanol–water partition coefficient (Wildman–Crippen LogP) is 3.48. The summed E-state index contributed by atoms with van der Waals surface area (Å²) in [5.74, 6) is -0.746. The molecule has 0 bridgehead atoms. The second-order valence-corrected chi connectivity index (χ2v) is 7.87. The molecule has 152 valence electrons. The Balaban J connectivity index is 1.75. The Morgan fingerprint density at radius 3 is 2.24 bits per heavy atom. The zero-order chi connectivity index (χ0) is 21.2. The van der Waals surface area contributed by atoms with Crippen molar-refractivity contribution in [2.75, 3.05) is 5.75 Å². The Bertz CT molecular complexity index is 892. The Kier molecular flexibility index (Phi) is 8.76. The number of benzene rings is 2. The first-order chi connectivity index (χ1) is 13.8. The molecule has 0 saturated heterocycles. The summed E-state index contributed by atoms with van der Waals surface area (Å²) >= 11 is 7.16. The molecule has 0 aliphatic rings. The van der Waals surface area contributed by atoms with E-state index in [4.69, 9.17) is 11.6 Å². The number of thioether (sulfide) groups is 1. The number of amides is 3. The summed E-state index contributed by atoms with van der Waals surface area (Å²) in [4.78, 5) is 36.5. The largest absolute Gasteiger partial charge is 0.348 e. The van der Waals surface area contributed by atoms with Crippen LogP contribution in [0.2, 0.25) is 5.02 Å². The average molecular weight is 432 g/mol. The highest BCUT2D eigenvalue weighted by Gasteiger charge is 2.08. The first kappa shape index (κ1) is 22.5. The van der Waals surface area contributed by atoms with Crippen LogP contribution in [0.4, 0.5) is 0 Å². The van der Waals surface area contributed by atoms with E-state index < -0.39 is 5.91 Å². The molecule has 0 aromatic heterocycles. The fourth-order valence-corrected chi connectivity index (χ4v) is 3.02. The standard InChI is InChI=1S/C21H22ClN3O3S/c1-14(2)11-19(26)23-12-15-3-5-16(6-4-15)21(28)25-24-20(27)13-29-18-9-7-17(22)8-10-18/h3-11H,12-13H2,1-2H3,(H,23,26)(H,24,27)(H,25,28).